The fraction of sp³-hybridized carbons (Fsp3) is 0.818. The van der Waals surface area contributed by atoms with Crippen molar-refractivity contribution in [2.45, 2.75) is 26.8 Å². The minimum Gasteiger partial charge on any atom is -0.340 e. The van der Waals surface area contributed by atoms with Crippen LogP contribution in [-0.4, -0.2) is 59.7 Å². The first kappa shape index (κ1) is 14.4. The van der Waals surface area contributed by atoms with Crippen molar-refractivity contribution in [3.63, 3.8) is 0 Å². The molecule has 1 aliphatic heterocycles. The molecule has 19 heavy (non-hydrogen) atoms. The van der Waals surface area contributed by atoms with Crippen molar-refractivity contribution in [3.05, 3.63) is 11.7 Å². The number of rotatable bonds is 5. The topological polar surface area (TPSA) is 79.5 Å². The van der Waals surface area contributed by atoms with Gasteiger partial charge in [-0.3, -0.25) is 4.90 Å². The highest BCUT2D eigenvalue weighted by molar-refractivity contribution is 7.89. The van der Waals surface area contributed by atoms with E-state index in [0.717, 1.165) is 0 Å². The summed E-state index contributed by atoms with van der Waals surface area (Å²) in [4.78, 5) is 6.29. The quantitative estimate of drug-likeness (QED) is 0.772. The van der Waals surface area contributed by atoms with Gasteiger partial charge in [0, 0.05) is 33.1 Å². The molecule has 0 saturated carbocycles. The van der Waals surface area contributed by atoms with Gasteiger partial charge in [-0.1, -0.05) is 12.1 Å². The van der Waals surface area contributed by atoms with Crippen molar-refractivity contribution in [2.75, 3.05) is 31.9 Å². The molecule has 0 spiro atoms. The number of aryl methyl sites for hydroxylation is 1. The van der Waals surface area contributed by atoms with Crippen LogP contribution < -0.4 is 0 Å². The summed E-state index contributed by atoms with van der Waals surface area (Å²) in [6.45, 7) is 6.74. The van der Waals surface area contributed by atoms with E-state index in [1.165, 1.54) is 0 Å². The molecular weight excluding hydrogens is 268 g/mol. The first-order valence-corrected chi connectivity index (χ1v) is 8.11. The molecule has 1 aliphatic rings. The third-order valence-electron chi connectivity index (χ3n) is 3.12. The molecule has 1 fully saturated rings. The summed E-state index contributed by atoms with van der Waals surface area (Å²) in [5.74, 6) is 1.44. The zero-order chi connectivity index (χ0) is 13.9. The van der Waals surface area contributed by atoms with Gasteiger partial charge in [0.1, 0.15) is 0 Å². The van der Waals surface area contributed by atoms with E-state index in [4.69, 9.17) is 4.52 Å². The van der Waals surface area contributed by atoms with E-state index in [9.17, 15) is 8.42 Å². The van der Waals surface area contributed by atoms with Crippen molar-refractivity contribution in [1.82, 2.24) is 19.3 Å². The smallest absolute Gasteiger partial charge is 0.223 e. The molecule has 2 heterocycles. The Hall–Kier alpha value is -0.990. The van der Waals surface area contributed by atoms with Gasteiger partial charge in [0.15, 0.2) is 5.82 Å². The Kier molecular flexibility index (Phi) is 4.54. The lowest BCUT2D eigenvalue weighted by molar-refractivity contribution is 0.176. The fourth-order valence-electron chi connectivity index (χ4n) is 2.16. The lowest BCUT2D eigenvalue weighted by Crippen LogP contribution is -2.48. The SMILES string of the molecule is CCCS(=O)(=O)N1CCN(Cc2noc(C)n2)CC1. The predicted molar refractivity (Wildman–Crippen MR) is 70.0 cm³/mol. The number of nitrogens with zero attached hydrogens (tertiary/aromatic N) is 4. The zero-order valence-corrected chi connectivity index (χ0v) is 12.2. The van der Waals surface area contributed by atoms with Crippen LogP contribution in [0.4, 0.5) is 0 Å². The van der Waals surface area contributed by atoms with Crippen LogP contribution in [0.25, 0.3) is 0 Å². The zero-order valence-electron chi connectivity index (χ0n) is 11.4. The first-order valence-electron chi connectivity index (χ1n) is 6.50. The lowest BCUT2D eigenvalue weighted by Gasteiger charge is -2.33. The van der Waals surface area contributed by atoms with E-state index in [2.05, 4.69) is 15.0 Å². The van der Waals surface area contributed by atoms with E-state index in [1.54, 1.807) is 11.2 Å². The molecule has 0 unspecified atom stereocenters. The second kappa shape index (κ2) is 5.98. The van der Waals surface area contributed by atoms with Gasteiger partial charge in [-0.2, -0.15) is 9.29 Å². The van der Waals surface area contributed by atoms with Crippen LogP contribution in [0.3, 0.4) is 0 Å². The largest absolute Gasteiger partial charge is 0.340 e. The molecule has 0 radical (unpaired) electrons. The third-order valence-corrected chi connectivity index (χ3v) is 5.20. The molecule has 0 bridgehead atoms. The Bertz CT molecular complexity index is 506. The van der Waals surface area contributed by atoms with E-state index in [-0.39, 0.29) is 5.75 Å². The van der Waals surface area contributed by atoms with Crippen molar-refractivity contribution in [2.24, 2.45) is 0 Å². The normalized spacial score (nSPS) is 18.8. The second-order valence-electron chi connectivity index (χ2n) is 4.72. The number of hydrogen-bond acceptors (Lipinski definition) is 6. The van der Waals surface area contributed by atoms with Crippen LogP contribution in [0.1, 0.15) is 25.1 Å². The van der Waals surface area contributed by atoms with Crippen molar-refractivity contribution in [1.29, 1.82) is 0 Å². The van der Waals surface area contributed by atoms with E-state index < -0.39 is 10.0 Å². The van der Waals surface area contributed by atoms with Crippen molar-refractivity contribution in [3.8, 4) is 0 Å². The number of piperazine rings is 1. The van der Waals surface area contributed by atoms with Gasteiger partial charge in [0.2, 0.25) is 15.9 Å². The summed E-state index contributed by atoms with van der Waals surface area (Å²) >= 11 is 0. The third kappa shape index (κ3) is 3.74. The number of aromatic nitrogens is 2. The summed E-state index contributed by atoms with van der Waals surface area (Å²) in [6, 6.07) is 0. The Morgan fingerprint density at radius 3 is 2.47 bits per heavy atom. The summed E-state index contributed by atoms with van der Waals surface area (Å²) in [7, 11) is -3.07. The van der Waals surface area contributed by atoms with Crippen LogP contribution in [0.15, 0.2) is 4.52 Å². The molecule has 0 amide bonds. The Balaban J connectivity index is 1.86. The Labute approximate surface area is 113 Å². The van der Waals surface area contributed by atoms with Crippen LogP contribution in [0, 0.1) is 6.92 Å². The maximum absolute atomic E-state index is 11.9. The minimum atomic E-state index is -3.07. The molecule has 2 rings (SSSR count). The number of sulfonamides is 1. The second-order valence-corrected chi connectivity index (χ2v) is 6.81. The summed E-state index contributed by atoms with van der Waals surface area (Å²) in [6.07, 6.45) is 0.657. The highest BCUT2D eigenvalue weighted by Gasteiger charge is 2.26. The molecule has 108 valence electrons. The highest BCUT2D eigenvalue weighted by Crippen LogP contribution is 2.11. The lowest BCUT2D eigenvalue weighted by atomic mass is 10.3. The average Bonchev–Trinajstić information content (AvgIpc) is 2.75. The monoisotopic (exact) mass is 288 g/mol. The summed E-state index contributed by atoms with van der Waals surface area (Å²) in [5, 5.41) is 3.85. The van der Waals surface area contributed by atoms with Crippen LogP contribution >= 0.6 is 0 Å². The van der Waals surface area contributed by atoms with Gasteiger partial charge in [0.25, 0.3) is 0 Å². The average molecular weight is 288 g/mol. The van der Waals surface area contributed by atoms with Gasteiger partial charge in [-0.15, -0.1) is 0 Å². The maximum Gasteiger partial charge on any atom is 0.223 e. The molecule has 7 nitrogen and oxygen atoms in total. The maximum atomic E-state index is 11.9. The van der Waals surface area contributed by atoms with Gasteiger partial charge < -0.3 is 4.52 Å². The van der Waals surface area contributed by atoms with Gasteiger partial charge in [-0.25, -0.2) is 8.42 Å². The first-order chi connectivity index (χ1) is 9.01. The predicted octanol–water partition coefficient (Wildman–Crippen LogP) is 0.235. The molecule has 0 N–H and O–H groups in total. The van der Waals surface area contributed by atoms with Crippen molar-refractivity contribution < 1.29 is 12.9 Å². The van der Waals surface area contributed by atoms with Gasteiger partial charge in [-0.05, 0) is 6.42 Å². The molecule has 1 aromatic heterocycles. The van der Waals surface area contributed by atoms with E-state index >= 15 is 0 Å². The Morgan fingerprint density at radius 2 is 1.95 bits per heavy atom. The highest BCUT2D eigenvalue weighted by atomic mass is 32.2. The summed E-state index contributed by atoms with van der Waals surface area (Å²) < 4.78 is 30.3. The Morgan fingerprint density at radius 1 is 1.26 bits per heavy atom. The van der Waals surface area contributed by atoms with Crippen LogP contribution in [0.5, 0.6) is 0 Å². The molecular formula is C11H20N4O3S. The van der Waals surface area contributed by atoms with Crippen molar-refractivity contribution >= 4 is 10.0 Å². The molecule has 0 aliphatic carbocycles. The number of hydrogen-bond donors (Lipinski definition) is 0. The minimum absolute atomic E-state index is 0.233. The summed E-state index contributed by atoms with van der Waals surface area (Å²) in [5.41, 5.74) is 0. The molecule has 1 aromatic rings. The van der Waals surface area contributed by atoms with Gasteiger partial charge >= 0.3 is 0 Å². The van der Waals surface area contributed by atoms with Gasteiger partial charge in [0.05, 0.1) is 12.3 Å². The van der Waals surface area contributed by atoms with E-state index in [1.807, 2.05) is 6.92 Å². The fourth-order valence-corrected chi connectivity index (χ4v) is 3.65. The van der Waals surface area contributed by atoms with Crippen LogP contribution in [0.2, 0.25) is 0 Å². The molecule has 0 atom stereocenters. The standard InChI is InChI=1S/C11H20N4O3S/c1-3-8-19(16,17)15-6-4-14(5-7-15)9-11-12-10(2)18-13-11/h3-9H2,1-2H3. The molecule has 0 aromatic carbocycles. The molecule has 8 heteroatoms. The molecule has 1 saturated heterocycles. The van der Waals surface area contributed by atoms with Crippen LogP contribution in [-0.2, 0) is 16.6 Å². The van der Waals surface area contributed by atoms with E-state index in [0.29, 0.717) is 50.9 Å².